The molecule has 0 saturated carbocycles. The van der Waals surface area contributed by atoms with Gasteiger partial charge in [-0.3, -0.25) is 20.2 Å². The molecule has 0 fully saturated rings. The molecule has 0 aromatic heterocycles. The lowest BCUT2D eigenvalue weighted by atomic mass is 10.2. The van der Waals surface area contributed by atoms with Gasteiger partial charge in [-0.05, 0) is 24.3 Å². The maximum atomic E-state index is 10.8. The number of hydrogen-bond acceptors (Lipinski definition) is 6. The highest BCUT2D eigenvalue weighted by Gasteiger charge is 2.21. The average Bonchev–Trinajstić information content (AvgIpc) is 2.81. The Labute approximate surface area is 208 Å². The predicted molar refractivity (Wildman–Crippen MR) is 141 cm³/mol. The smallest absolute Gasteiger partial charge is 0.269 e. The lowest BCUT2D eigenvalue weighted by molar-refractivity contribution is -0.908. The van der Waals surface area contributed by atoms with Crippen LogP contribution in [0, 0.1) is 20.2 Å². The van der Waals surface area contributed by atoms with Crippen LogP contribution in [0.4, 0.5) is 22.7 Å². The Hall–Kier alpha value is -3.24. The fourth-order valence-corrected chi connectivity index (χ4v) is 3.91. The number of likely N-dealkylation sites (N-methyl/N-ethyl adjacent to an activating group) is 4. The van der Waals surface area contributed by atoms with Gasteiger partial charge in [0.15, 0.2) is 0 Å². The van der Waals surface area contributed by atoms with Crippen LogP contribution in [0.25, 0.3) is 0 Å². The molecule has 0 bridgehead atoms. The molecule has 35 heavy (non-hydrogen) atoms. The van der Waals surface area contributed by atoms with Crippen LogP contribution in [0.5, 0.6) is 0 Å². The van der Waals surface area contributed by atoms with E-state index in [0.29, 0.717) is 0 Å². The lowest BCUT2D eigenvalue weighted by Gasteiger charge is -2.35. The first-order valence-electron chi connectivity index (χ1n) is 11.8. The minimum atomic E-state index is -0.377. The van der Waals surface area contributed by atoms with Gasteiger partial charge in [-0.2, -0.15) is 0 Å². The highest BCUT2D eigenvalue weighted by atomic mass is 16.6. The van der Waals surface area contributed by atoms with Gasteiger partial charge < -0.3 is 18.8 Å². The molecule has 10 nitrogen and oxygen atoms in total. The third-order valence-corrected chi connectivity index (χ3v) is 6.61. The number of quaternary nitrogens is 2. The summed E-state index contributed by atoms with van der Waals surface area (Å²) in [5.74, 6) is 0. The van der Waals surface area contributed by atoms with E-state index in [4.69, 9.17) is 0 Å². The summed E-state index contributed by atoms with van der Waals surface area (Å²) in [7, 11) is 13.0. The molecule has 2 aromatic rings. The number of anilines is 2. The number of nitro groups is 2. The fraction of sp³-hybridized carbons (Fsp3) is 0.520. The van der Waals surface area contributed by atoms with Crippen molar-refractivity contribution >= 4 is 22.7 Å². The Morgan fingerprint density at radius 3 is 1.23 bits per heavy atom. The first kappa shape index (κ1) is 28.0. The van der Waals surface area contributed by atoms with Crippen LogP contribution in [0.3, 0.4) is 0 Å². The molecule has 0 radical (unpaired) electrons. The van der Waals surface area contributed by atoms with Crippen molar-refractivity contribution in [3.05, 3.63) is 68.8 Å². The molecular weight excluding hydrogens is 448 g/mol. The van der Waals surface area contributed by atoms with Crippen molar-refractivity contribution in [1.29, 1.82) is 0 Å². The molecule has 0 aliphatic heterocycles. The lowest BCUT2D eigenvalue weighted by Crippen LogP contribution is -2.49. The fourth-order valence-electron chi connectivity index (χ4n) is 3.91. The molecule has 0 aliphatic rings. The van der Waals surface area contributed by atoms with E-state index in [1.54, 1.807) is 48.5 Å². The van der Waals surface area contributed by atoms with Crippen LogP contribution in [-0.2, 0) is 0 Å². The second kappa shape index (κ2) is 11.9. The van der Waals surface area contributed by atoms with E-state index in [-0.39, 0.29) is 21.2 Å². The summed E-state index contributed by atoms with van der Waals surface area (Å²) in [6.45, 7) is 5.81. The van der Waals surface area contributed by atoms with Gasteiger partial charge in [0.25, 0.3) is 11.4 Å². The summed E-state index contributed by atoms with van der Waals surface area (Å²) >= 11 is 0. The second-order valence-electron chi connectivity index (χ2n) is 10.5. The van der Waals surface area contributed by atoms with Gasteiger partial charge in [-0.1, -0.05) is 0 Å². The third kappa shape index (κ3) is 9.14. The molecule has 2 rings (SSSR count). The molecule has 0 heterocycles. The van der Waals surface area contributed by atoms with Gasteiger partial charge in [-0.25, -0.2) is 0 Å². The SMILES string of the molecule is CN(CC[N+](C)(C)CCC[N+](C)(C)CCN(C)c1ccc([N+](=O)[O-])cc1)c1ccc([N+](=O)[O-])cc1. The number of rotatable bonds is 14. The van der Waals surface area contributed by atoms with E-state index in [9.17, 15) is 20.2 Å². The number of hydrogen-bond donors (Lipinski definition) is 0. The normalized spacial score (nSPS) is 11.8. The van der Waals surface area contributed by atoms with Gasteiger partial charge >= 0.3 is 0 Å². The summed E-state index contributed by atoms with van der Waals surface area (Å²) in [6, 6.07) is 13.4. The number of nitro benzene ring substituents is 2. The molecular formula is C25H40N6O4+2. The zero-order chi connectivity index (χ0) is 26.2. The molecule has 0 spiro atoms. The van der Waals surface area contributed by atoms with Gasteiger partial charge in [0.2, 0.25) is 0 Å². The Kier molecular flexibility index (Phi) is 9.55. The minimum absolute atomic E-state index is 0.109. The van der Waals surface area contributed by atoms with Crippen LogP contribution in [0.1, 0.15) is 6.42 Å². The summed E-state index contributed by atoms with van der Waals surface area (Å²) in [5, 5.41) is 21.7. The number of nitrogens with zero attached hydrogens (tertiary/aromatic N) is 6. The van der Waals surface area contributed by atoms with E-state index in [1.165, 1.54) is 0 Å². The quantitative estimate of drug-likeness (QED) is 0.229. The van der Waals surface area contributed by atoms with Gasteiger partial charge in [0.05, 0.1) is 77.3 Å². The van der Waals surface area contributed by atoms with Crippen LogP contribution in [-0.4, -0.2) is 100 Å². The van der Waals surface area contributed by atoms with E-state index in [0.717, 1.165) is 66.0 Å². The standard InChI is InChI=1S/C25H40N6O4/c1-26(22-8-12-24(13-9-22)28(32)33)16-20-30(3,4)18-7-19-31(5,6)21-17-27(2)23-10-14-25(15-11-23)29(34)35/h8-15H,7,16-21H2,1-6H3/q+2. The highest BCUT2D eigenvalue weighted by Crippen LogP contribution is 2.20. The van der Waals surface area contributed by atoms with Crippen molar-refractivity contribution in [2.24, 2.45) is 0 Å². The van der Waals surface area contributed by atoms with Crippen molar-refractivity contribution in [3.63, 3.8) is 0 Å². The van der Waals surface area contributed by atoms with Crippen LogP contribution < -0.4 is 9.80 Å². The van der Waals surface area contributed by atoms with E-state index in [2.05, 4.69) is 38.0 Å². The van der Waals surface area contributed by atoms with Gasteiger partial charge in [0.1, 0.15) is 0 Å². The summed E-state index contributed by atoms with van der Waals surface area (Å²) in [4.78, 5) is 25.2. The van der Waals surface area contributed by atoms with E-state index >= 15 is 0 Å². The van der Waals surface area contributed by atoms with Crippen molar-refractivity contribution in [3.8, 4) is 0 Å². The molecule has 0 saturated heterocycles. The molecule has 2 aromatic carbocycles. The summed E-state index contributed by atoms with van der Waals surface area (Å²) in [5.41, 5.74) is 2.17. The molecule has 0 aliphatic carbocycles. The Morgan fingerprint density at radius 2 is 0.943 bits per heavy atom. The van der Waals surface area contributed by atoms with E-state index < -0.39 is 0 Å². The maximum Gasteiger partial charge on any atom is 0.269 e. The largest absolute Gasteiger partial charge is 0.369 e. The molecule has 0 atom stereocenters. The van der Waals surface area contributed by atoms with Gasteiger partial charge in [0, 0.05) is 56.2 Å². The summed E-state index contributed by atoms with van der Waals surface area (Å²) in [6.07, 6.45) is 1.10. The zero-order valence-corrected chi connectivity index (χ0v) is 21.9. The zero-order valence-electron chi connectivity index (χ0n) is 21.9. The van der Waals surface area contributed by atoms with Crippen molar-refractivity contribution in [1.82, 2.24) is 0 Å². The van der Waals surface area contributed by atoms with Crippen molar-refractivity contribution < 1.29 is 18.8 Å². The minimum Gasteiger partial charge on any atom is -0.369 e. The molecule has 0 unspecified atom stereocenters. The van der Waals surface area contributed by atoms with Crippen LogP contribution in [0.2, 0.25) is 0 Å². The maximum absolute atomic E-state index is 10.8. The monoisotopic (exact) mass is 488 g/mol. The first-order valence-corrected chi connectivity index (χ1v) is 11.8. The average molecular weight is 489 g/mol. The second-order valence-corrected chi connectivity index (χ2v) is 10.5. The van der Waals surface area contributed by atoms with Crippen molar-refractivity contribution in [2.45, 2.75) is 6.42 Å². The van der Waals surface area contributed by atoms with E-state index in [1.807, 2.05) is 14.1 Å². The number of non-ortho nitro benzene ring substituents is 2. The first-order chi connectivity index (χ1) is 16.3. The van der Waals surface area contributed by atoms with Crippen LogP contribution >= 0.6 is 0 Å². The van der Waals surface area contributed by atoms with Crippen molar-refractivity contribution in [2.75, 3.05) is 91.4 Å². The molecule has 0 N–H and O–H groups in total. The summed E-state index contributed by atoms with van der Waals surface area (Å²) < 4.78 is 1.81. The number of benzene rings is 2. The van der Waals surface area contributed by atoms with Gasteiger partial charge in [-0.15, -0.1) is 0 Å². The predicted octanol–water partition coefficient (Wildman–Crippen LogP) is 3.62. The molecule has 10 heteroatoms. The topological polar surface area (TPSA) is 92.8 Å². The Morgan fingerprint density at radius 1 is 0.629 bits per heavy atom. The Balaban J connectivity index is 1.75. The molecule has 0 amide bonds. The highest BCUT2D eigenvalue weighted by molar-refractivity contribution is 5.51. The molecule has 192 valence electrons. The Bertz CT molecular complexity index is 897. The van der Waals surface area contributed by atoms with Crippen LogP contribution in [0.15, 0.2) is 48.5 Å². The third-order valence-electron chi connectivity index (χ3n) is 6.61.